The van der Waals surface area contributed by atoms with Crippen molar-refractivity contribution >= 4 is 6.41 Å². The topological polar surface area (TPSA) is 20.3 Å². The highest BCUT2D eigenvalue weighted by Gasteiger charge is 2.26. The number of likely N-dealkylation sites (tertiary alicyclic amines) is 1. The molecular formula is C12H23NO. The second-order valence-electron chi connectivity index (χ2n) is 4.79. The zero-order valence-electron chi connectivity index (χ0n) is 9.70. The molecular weight excluding hydrogens is 174 g/mol. The Morgan fingerprint density at radius 3 is 2.50 bits per heavy atom. The highest BCUT2D eigenvalue weighted by atomic mass is 16.1. The fourth-order valence-corrected chi connectivity index (χ4v) is 2.70. The smallest absolute Gasteiger partial charge is 0.209 e. The highest BCUT2D eigenvalue weighted by Crippen LogP contribution is 2.31. The molecule has 2 nitrogen and oxygen atoms in total. The summed E-state index contributed by atoms with van der Waals surface area (Å²) in [6.07, 6.45) is 4.65. The van der Waals surface area contributed by atoms with Gasteiger partial charge in [0.2, 0.25) is 6.41 Å². The summed E-state index contributed by atoms with van der Waals surface area (Å²) >= 11 is 0. The lowest BCUT2D eigenvalue weighted by Crippen LogP contribution is -2.23. The fraction of sp³-hybridized carbons (Fsp3) is 0.917. The first kappa shape index (κ1) is 11.5. The molecule has 2 unspecified atom stereocenters. The van der Waals surface area contributed by atoms with E-state index in [1.165, 1.54) is 19.3 Å². The van der Waals surface area contributed by atoms with Crippen molar-refractivity contribution in [3.05, 3.63) is 0 Å². The van der Waals surface area contributed by atoms with Gasteiger partial charge in [0.1, 0.15) is 0 Å². The maximum absolute atomic E-state index is 10.7. The fourth-order valence-electron chi connectivity index (χ4n) is 2.70. The van der Waals surface area contributed by atoms with E-state index in [-0.39, 0.29) is 0 Å². The first-order valence-electron chi connectivity index (χ1n) is 5.88. The lowest BCUT2D eigenvalue weighted by molar-refractivity contribution is -0.118. The molecule has 1 aliphatic rings. The molecule has 0 saturated carbocycles. The van der Waals surface area contributed by atoms with Crippen molar-refractivity contribution in [3.63, 3.8) is 0 Å². The van der Waals surface area contributed by atoms with Crippen LogP contribution in [0.15, 0.2) is 0 Å². The van der Waals surface area contributed by atoms with Crippen LogP contribution in [0.4, 0.5) is 0 Å². The number of nitrogens with zero attached hydrogens (tertiary/aromatic N) is 1. The molecule has 1 fully saturated rings. The third-order valence-electron chi connectivity index (χ3n) is 3.67. The average Bonchev–Trinajstić information content (AvgIpc) is 2.38. The average molecular weight is 197 g/mol. The molecule has 2 heteroatoms. The Hall–Kier alpha value is -0.530. The number of carbonyl (C=O) groups excluding carboxylic acids is 1. The van der Waals surface area contributed by atoms with Crippen LogP contribution in [0.1, 0.15) is 40.0 Å². The van der Waals surface area contributed by atoms with Crippen LogP contribution in [-0.2, 0) is 4.79 Å². The van der Waals surface area contributed by atoms with E-state index in [0.717, 1.165) is 37.3 Å². The van der Waals surface area contributed by atoms with Crippen molar-refractivity contribution in [3.8, 4) is 0 Å². The van der Waals surface area contributed by atoms with E-state index in [1.807, 2.05) is 4.90 Å². The minimum absolute atomic E-state index is 0.756. The summed E-state index contributed by atoms with van der Waals surface area (Å²) in [5.74, 6) is 2.39. The van der Waals surface area contributed by atoms with Gasteiger partial charge in [-0.1, -0.05) is 27.2 Å². The van der Waals surface area contributed by atoms with Gasteiger partial charge in [0, 0.05) is 13.1 Å². The Morgan fingerprint density at radius 2 is 2.00 bits per heavy atom. The van der Waals surface area contributed by atoms with E-state index in [4.69, 9.17) is 0 Å². The summed E-state index contributed by atoms with van der Waals surface area (Å²) in [5.41, 5.74) is 0. The maximum atomic E-state index is 10.7. The van der Waals surface area contributed by atoms with Gasteiger partial charge in [-0.25, -0.2) is 0 Å². The Balaban J connectivity index is 2.60. The highest BCUT2D eigenvalue weighted by molar-refractivity contribution is 5.46. The van der Waals surface area contributed by atoms with Gasteiger partial charge in [-0.3, -0.25) is 4.79 Å². The van der Waals surface area contributed by atoms with Crippen LogP contribution in [0.5, 0.6) is 0 Å². The molecule has 1 rings (SSSR count). The summed E-state index contributed by atoms with van der Waals surface area (Å²) in [5, 5.41) is 0. The van der Waals surface area contributed by atoms with Crippen LogP contribution in [-0.4, -0.2) is 24.4 Å². The normalized spacial score (nSPS) is 29.0. The molecule has 0 aromatic rings. The standard InChI is InChI=1S/C12H23NO/c1-4-11-5-7-13(9-14)8-6-12(11)10(2)3/h9-12H,4-8H2,1-3H3. The van der Waals surface area contributed by atoms with Gasteiger partial charge in [0.15, 0.2) is 0 Å². The summed E-state index contributed by atoms with van der Waals surface area (Å²) < 4.78 is 0. The maximum Gasteiger partial charge on any atom is 0.209 e. The summed E-state index contributed by atoms with van der Waals surface area (Å²) in [6, 6.07) is 0. The van der Waals surface area contributed by atoms with E-state index in [2.05, 4.69) is 20.8 Å². The van der Waals surface area contributed by atoms with Gasteiger partial charge in [-0.2, -0.15) is 0 Å². The first-order chi connectivity index (χ1) is 6.69. The van der Waals surface area contributed by atoms with Crippen molar-refractivity contribution in [2.24, 2.45) is 17.8 Å². The predicted molar refractivity (Wildman–Crippen MR) is 59.0 cm³/mol. The number of carbonyl (C=O) groups is 1. The number of rotatable bonds is 3. The number of hydrogen-bond donors (Lipinski definition) is 0. The third kappa shape index (κ3) is 2.73. The zero-order chi connectivity index (χ0) is 10.6. The molecule has 0 aromatic heterocycles. The molecule has 0 aromatic carbocycles. The van der Waals surface area contributed by atoms with Crippen LogP contribution >= 0.6 is 0 Å². The van der Waals surface area contributed by atoms with Crippen molar-refractivity contribution < 1.29 is 4.79 Å². The van der Waals surface area contributed by atoms with Gasteiger partial charge in [-0.15, -0.1) is 0 Å². The monoisotopic (exact) mass is 197 g/mol. The lowest BCUT2D eigenvalue weighted by Gasteiger charge is -2.26. The quantitative estimate of drug-likeness (QED) is 0.637. The second-order valence-corrected chi connectivity index (χ2v) is 4.79. The van der Waals surface area contributed by atoms with Crippen molar-refractivity contribution in [2.75, 3.05) is 13.1 Å². The van der Waals surface area contributed by atoms with E-state index in [9.17, 15) is 4.79 Å². The van der Waals surface area contributed by atoms with Gasteiger partial charge >= 0.3 is 0 Å². The molecule has 0 radical (unpaired) electrons. The van der Waals surface area contributed by atoms with Gasteiger partial charge < -0.3 is 4.90 Å². The van der Waals surface area contributed by atoms with Crippen molar-refractivity contribution in [2.45, 2.75) is 40.0 Å². The molecule has 1 amide bonds. The summed E-state index contributed by atoms with van der Waals surface area (Å²) in [7, 11) is 0. The summed E-state index contributed by atoms with van der Waals surface area (Å²) in [4.78, 5) is 12.6. The molecule has 82 valence electrons. The van der Waals surface area contributed by atoms with Crippen LogP contribution in [0, 0.1) is 17.8 Å². The third-order valence-corrected chi connectivity index (χ3v) is 3.67. The van der Waals surface area contributed by atoms with Crippen LogP contribution in [0.3, 0.4) is 0 Å². The Kier molecular flexibility index (Phi) is 4.43. The van der Waals surface area contributed by atoms with E-state index < -0.39 is 0 Å². The van der Waals surface area contributed by atoms with E-state index in [1.54, 1.807) is 0 Å². The number of amides is 1. The van der Waals surface area contributed by atoms with Crippen LogP contribution in [0.2, 0.25) is 0 Å². The first-order valence-corrected chi connectivity index (χ1v) is 5.88. The van der Waals surface area contributed by atoms with Gasteiger partial charge in [0.05, 0.1) is 0 Å². The molecule has 2 atom stereocenters. The Bertz CT molecular complexity index is 179. The number of hydrogen-bond acceptors (Lipinski definition) is 1. The van der Waals surface area contributed by atoms with Gasteiger partial charge in [-0.05, 0) is 30.6 Å². The lowest BCUT2D eigenvalue weighted by atomic mass is 9.79. The van der Waals surface area contributed by atoms with Crippen molar-refractivity contribution in [1.82, 2.24) is 4.90 Å². The molecule has 0 bridgehead atoms. The second kappa shape index (κ2) is 5.38. The van der Waals surface area contributed by atoms with Crippen LogP contribution in [0.25, 0.3) is 0 Å². The molecule has 1 saturated heterocycles. The summed E-state index contributed by atoms with van der Waals surface area (Å²) in [6.45, 7) is 8.82. The van der Waals surface area contributed by atoms with E-state index >= 15 is 0 Å². The Labute approximate surface area is 87.7 Å². The van der Waals surface area contributed by atoms with Crippen LogP contribution < -0.4 is 0 Å². The largest absolute Gasteiger partial charge is 0.345 e. The SMILES string of the molecule is CCC1CCN(C=O)CCC1C(C)C. The van der Waals surface area contributed by atoms with Gasteiger partial charge in [0.25, 0.3) is 0 Å². The molecule has 14 heavy (non-hydrogen) atoms. The minimum Gasteiger partial charge on any atom is -0.345 e. The molecule has 1 aliphatic heterocycles. The van der Waals surface area contributed by atoms with Crippen molar-refractivity contribution in [1.29, 1.82) is 0 Å². The molecule has 0 N–H and O–H groups in total. The molecule has 1 heterocycles. The predicted octanol–water partition coefficient (Wildman–Crippen LogP) is 2.54. The zero-order valence-corrected chi connectivity index (χ0v) is 9.70. The van der Waals surface area contributed by atoms with E-state index in [0.29, 0.717) is 0 Å². The Morgan fingerprint density at radius 1 is 1.36 bits per heavy atom. The minimum atomic E-state index is 0.756. The molecule has 0 aliphatic carbocycles. The molecule has 0 spiro atoms.